The van der Waals surface area contributed by atoms with Gasteiger partial charge in [-0.2, -0.15) is 0 Å². The second-order valence-electron chi connectivity index (χ2n) is 4.08. The van der Waals surface area contributed by atoms with Crippen LogP contribution in [0.4, 0.5) is 16.2 Å². The summed E-state index contributed by atoms with van der Waals surface area (Å²) in [4.78, 5) is 22.7. The van der Waals surface area contributed by atoms with Crippen molar-refractivity contribution in [3.8, 4) is 0 Å². The summed E-state index contributed by atoms with van der Waals surface area (Å²) in [5, 5.41) is 5.23. The molecule has 1 atom stereocenters. The maximum atomic E-state index is 11.7. The summed E-state index contributed by atoms with van der Waals surface area (Å²) in [7, 11) is 1.29. The van der Waals surface area contributed by atoms with Gasteiger partial charge in [0.2, 0.25) is 5.91 Å². The van der Waals surface area contributed by atoms with Crippen LogP contribution in [-0.2, 0) is 9.53 Å². The number of carbonyl (C=O) groups is 2. The van der Waals surface area contributed by atoms with E-state index in [0.717, 1.165) is 6.42 Å². The van der Waals surface area contributed by atoms with Gasteiger partial charge in [-0.3, -0.25) is 10.1 Å². The molecular formula is C13H19N3O3. The van der Waals surface area contributed by atoms with E-state index in [1.165, 1.54) is 7.11 Å². The third kappa shape index (κ3) is 4.97. The summed E-state index contributed by atoms with van der Waals surface area (Å²) < 4.78 is 4.47. The molecule has 0 saturated carbocycles. The van der Waals surface area contributed by atoms with E-state index < -0.39 is 12.1 Å². The van der Waals surface area contributed by atoms with Gasteiger partial charge in [-0.25, -0.2) is 4.79 Å². The molecule has 0 bridgehead atoms. The number of benzene rings is 1. The predicted molar refractivity (Wildman–Crippen MR) is 74.0 cm³/mol. The average Bonchev–Trinajstić information content (AvgIpc) is 2.41. The zero-order valence-electron chi connectivity index (χ0n) is 11.1. The van der Waals surface area contributed by atoms with Gasteiger partial charge < -0.3 is 15.8 Å². The van der Waals surface area contributed by atoms with Crippen molar-refractivity contribution >= 4 is 23.4 Å². The number of carbonyl (C=O) groups excluding carboxylic acids is 2. The summed E-state index contributed by atoms with van der Waals surface area (Å²) in [5.74, 6) is -0.212. The summed E-state index contributed by atoms with van der Waals surface area (Å²) in [6, 6.07) is 6.19. The van der Waals surface area contributed by atoms with E-state index in [2.05, 4.69) is 15.4 Å². The molecule has 0 aliphatic rings. The summed E-state index contributed by atoms with van der Waals surface area (Å²) in [6.45, 7) is 1.97. The fourth-order valence-electron chi connectivity index (χ4n) is 1.48. The van der Waals surface area contributed by atoms with E-state index in [1.807, 2.05) is 6.92 Å². The minimum atomic E-state index is -0.540. The van der Waals surface area contributed by atoms with Crippen LogP contribution in [0.2, 0.25) is 0 Å². The first kappa shape index (κ1) is 15.0. The van der Waals surface area contributed by atoms with Crippen LogP contribution in [0.3, 0.4) is 0 Å². The van der Waals surface area contributed by atoms with Crippen molar-refractivity contribution in [3.05, 3.63) is 24.3 Å². The molecule has 0 aliphatic carbocycles. The molecule has 1 aromatic carbocycles. The molecule has 0 aromatic heterocycles. The smallest absolute Gasteiger partial charge is 0.411 e. The van der Waals surface area contributed by atoms with Gasteiger partial charge in [0, 0.05) is 11.4 Å². The maximum Gasteiger partial charge on any atom is 0.411 e. The molecule has 19 heavy (non-hydrogen) atoms. The molecule has 0 fully saturated rings. The Morgan fingerprint density at radius 1 is 1.21 bits per heavy atom. The van der Waals surface area contributed by atoms with Crippen molar-refractivity contribution in [2.75, 3.05) is 17.7 Å². The van der Waals surface area contributed by atoms with E-state index in [9.17, 15) is 9.59 Å². The second-order valence-corrected chi connectivity index (χ2v) is 4.08. The van der Waals surface area contributed by atoms with Crippen molar-refractivity contribution in [1.29, 1.82) is 0 Å². The molecule has 0 spiro atoms. The Labute approximate surface area is 112 Å². The second kappa shape index (κ2) is 7.38. The largest absolute Gasteiger partial charge is 0.453 e. The number of hydrogen-bond acceptors (Lipinski definition) is 4. The van der Waals surface area contributed by atoms with Crippen LogP contribution < -0.4 is 16.4 Å². The lowest BCUT2D eigenvalue weighted by atomic mass is 10.1. The van der Waals surface area contributed by atoms with Crippen molar-refractivity contribution in [3.63, 3.8) is 0 Å². The topological polar surface area (TPSA) is 93.5 Å². The van der Waals surface area contributed by atoms with Gasteiger partial charge in [0.15, 0.2) is 0 Å². The molecule has 1 aromatic rings. The van der Waals surface area contributed by atoms with Crippen LogP contribution in [0.1, 0.15) is 19.8 Å². The standard InChI is InChI=1S/C13H19N3O3/c1-3-4-11(14)12(17)15-9-5-7-10(8-6-9)16-13(18)19-2/h5-8,11H,3-4,14H2,1-2H3,(H,15,17)(H,16,18)/t11-/m0/s1. The van der Waals surface area contributed by atoms with Crippen LogP contribution in [0, 0.1) is 0 Å². The lowest BCUT2D eigenvalue weighted by Gasteiger charge is -2.11. The van der Waals surface area contributed by atoms with Crippen LogP contribution in [0.5, 0.6) is 0 Å². The van der Waals surface area contributed by atoms with E-state index in [1.54, 1.807) is 24.3 Å². The van der Waals surface area contributed by atoms with Gasteiger partial charge in [0.25, 0.3) is 0 Å². The SMILES string of the molecule is CCC[C@H](N)C(=O)Nc1ccc(NC(=O)OC)cc1. The molecule has 4 N–H and O–H groups in total. The average molecular weight is 265 g/mol. The molecule has 104 valence electrons. The maximum absolute atomic E-state index is 11.7. The number of rotatable bonds is 5. The summed E-state index contributed by atoms with van der Waals surface area (Å²) in [5.41, 5.74) is 6.92. The first-order valence-electron chi connectivity index (χ1n) is 6.08. The number of ether oxygens (including phenoxy) is 1. The number of nitrogens with one attached hydrogen (secondary N) is 2. The van der Waals surface area contributed by atoms with Crippen molar-refractivity contribution < 1.29 is 14.3 Å². The molecule has 0 radical (unpaired) electrons. The Kier molecular flexibility index (Phi) is 5.81. The third-order valence-corrected chi connectivity index (χ3v) is 2.52. The Morgan fingerprint density at radius 3 is 2.21 bits per heavy atom. The Hall–Kier alpha value is -2.08. The molecule has 2 amide bonds. The summed E-state index contributed by atoms with van der Waals surface area (Å²) >= 11 is 0. The van der Waals surface area contributed by atoms with Gasteiger partial charge in [-0.05, 0) is 30.7 Å². The number of hydrogen-bond donors (Lipinski definition) is 3. The van der Waals surface area contributed by atoms with Gasteiger partial charge in [-0.1, -0.05) is 13.3 Å². The fourth-order valence-corrected chi connectivity index (χ4v) is 1.48. The normalized spacial score (nSPS) is 11.5. The lowest BCUT2D eigenvalue weighted by Crippen LogP contribution is -2.35. The predicted octanol–water partition coefficient (Wildman–Crippen LogP) is 1.93. The van der Waals surface area contributed by atoms with E-state index in [0.29, 0.717) is 17.8 Å². The number of anilines is 2. The van der Waals surface area contributed by atoms with Crippen LogP contribution in [0.25, 0.3) is 0 Å². The minimum absolute atomic E-state index is 0.212. The Bertz CT molecular complexity index is 431. The summed E-state index contributed by atoms with van der Waals surface area (Å²) in [6.07, 6.45) is 0.964. The highest BCUT2D eigenvalue weighted by Crippen LogP contribution is 2.14. The highest BCUT2D eigenvalue weighted by atomic mass is 16.5. The van der Waals surface area contributed by atoms with E-state index in [-0.39, 0.29) is 5.91 Å². The van der Waals surface area contributed by atoms with Crippen molar-refractivity contribution in [2.45, 2.75) is 25.8 Å². The zero-order valence-corrected chi connectivity index (χ0v) is 11.1. The highest BCUT2D eigenvalue weighted by Gasteiger charge is 2.12. The third-order valence-electron chi connectivity index (χ3n) is 2.52. The zero-order chi connectivity index (χ0) is 14.3. The fraction of sp³-hybridized carbons (Fsp3) is 0.385. The van der Waals surface area contributed by atoms with Gasteiger partial charge in [0.05, 0.1) is 13.2 Å². The Balaban J connectivity index is 2.57. The Morgan fingerprint density at radius 2 is 1.74 bits per heavy atom. The molecular weight excluding hydrogens is 246 g/mol. The van der Waals surface area contributed by atoms with Crippen molar-refractivity contribution in [1.82, 2.24) is 0 Å². The lowest BCUT2D eigenvalue weighted by molar-refractivity contribution is -0.117. The van der Waals surface area contributed by atoms with Crippen LogP contribution >= 0.6 is 0 Å². The number of amides is 2. The van der Waals surface area contributed by atoms with E-state index in [4.69, 9.17) is 5.73 Å². The van der Waals surface area contributed by atoms with Crippen LogP contribution in [-0.4, -0.2) is 25.2 Å². The molecule has 0 saturated heterocycles. The van der Waals surface area contributed by atoms with Crippen LogP contribution in [0.15, 0.2) is 24.3 Å². The highest BCUT2D eigenvalue weighted by molar-refractivity contribution is 5.95. The first-order valence-corrected chi connectivity index (χ1v) is 6.08. The minimum Gasteiger partial charge on any atom is -0.453 e. The molecule has 1 rings (SSSR count). The first-order chi connectivity index (χ1) is 9.06. The number of methoxy groups -OCH3 is 1. The molecule has 6 heteroatoms. The molecule has 0 aliphatic heterocycles. The van der Waals surface area contributed by atoms with Gasteiger partial charge in [0.1, 0.15) is 0 Å². The van der Waals surface area contributed by atoms with E-state index >= 15 is 0 Å². The van der Waals surface area contributed by atoms with Gasteiger partial charge in [-0.15, -0.1) is 0 Å². The molecule has 0 heterocycles. The van der Waals surface area contributed by atoms with Crippen molar-refractivity contribution in [2.24, 2.45) is 5.73 Å². The quantitative estimate of drug-likeness (QED) is 0.758. The molecule has 6 nitrogen and oxygen atoms in total. The monoisotopic (exact) mass is 265 g/mol. The van der Waals surface area contributed by atoms with Gasteiger partial charge >= 0.3 is 6.09 Å². The number of nitrogens with two attached hydrogens (primary N) is 1. The molecule has 0 unspecified atom stereocenters.